The van der Waals surface area contributed by atoms with E-state index in [9.17, 15) is 31.1 Å². The number of rotatable bonds is 4. The maximum Gasteiger partial charge on any atom is 0.451 e. The van der Waals surface area contributed by atoms with Crippen LogP contribution in [0.4, 0.5) is 26.3 Å². The largest absolute Gasteiger partial charge is 0.451 e. The zero-order valence-electron chi connectivity index (χ0n) is 16.1. The molecule has 3 atom stereocenters. The van der Waals surface area contributed by atoms with Gasteiger partial charge < -0.3 is 15.2 Å². The Kier molecular flexibility index (Phi) is 5.81. The van der Waals surface area contributed by atoms with Gasteiger partial charge in [0.05, 0.1) is 12.1 Å². The second-order valence-corrected chi connectivity index (χ2v) is 7.35. The van der Waals surface area contributed by atoms with Gasteiger partial charge in [-0.15, -0.1) is 10.2 Å². The molecule has 0 saturated heterocycles. The molecule has 1 aliphatic rings. The number of carbonyl (C=O) groups is 1. The van der Waals surface area contributed by atoms with Crippen LogP contribution in [0, 0.1) is 17.5 Å². The van der Waals surface area contributed by atoms with Gasteiger partial charge in [-0.3, -0.25) is 4.79 Å². The number of hydrogen-bond donors (Lipinski definition) is 1. The number of halogens is 6. The van der Waals surface area contributed by atoms with E-state index >= 15 is 0 Å². The van der Waals surface area contributed by atoms with E-state index in [0.29, 0.717) is 12.1 Å². The van der Waals surface area contributed by atoms with E-state index in [0.717, 1.165) is 4.57 Å². The van der Waals surface area contributed by atoms with Gasteiger partial charge in [0.15, 0.2) is 17.5 Å². The van der Waals surface area contributed by atoms with Gasteiger partial charge in [-0.1, -0.05) is 0 Å². The van der Waals surface area contributed by atoms with Crippen LogP contribution in [0.15, 0.2) is 12.1 Å². The van der Waals surface area contributed by atoms with Crippen molar-refractivity contribution in [3.8, 4) is 0 Å². The van der Waals surface area contributed by atoms with Gasteiger partial charge in [0, 0.05) is 25.1 Å². The minimum Gasteiger partial charge on any atom is -0.331 e. The van der Waals surface area contributed by atoms with Gasteiger partial charge in [-0.2, -0.15) is 13.2 Å². The molecule has 1 aromatic heterocycles. The molecule has 1 aromatic carbocycles. The average Bonchev–Trinajstić information content (AvgIpc) is 3.09. The second-order valence-electron chi connectivity index (χ2n) is 7.35. The van der Waals surface area contributed by atoms with Crippen LogP contribution in [0.5, 0.6) is 0 Å². The van der Waals surface area contributed by atoms with Crippen LogP contribution in [0.1, 0.15) is 49.6 Å². The summed E-state index contributed by atoms with van der Waals surface area (Å²) in [5.41, 5.74) is 5.72. The number of nitrogens with two attached hydrogens (primary N) is 1. The molecule has 0 saturated carbocycles. The summed E-state index contributed by atoms with van der Waals surface area (Å²) < 4.78 is 80.5. The lowest BCUT2D eigenvalue weighted by Gasteiger charge is -2.38. The van der Waals surface area contributed by atoms with Crippen LogP contribution < -0.4 is 5.73 Å². The van der Waals surface area contributed by atoms with Crippen molar-refractivity contribution >= 4 is 5.91 Å². The fourth-order valence-corrected chi connectivity index (χ4v) is 3.61. The molecule has 1 amide bonds. The molecule has 0 aliphatic carbocycles. The number of benzene rings is 1. The Morgan fingerprint density at radius 2 is 1.80 bits per heavy atom. The van der Waals surface area contributed by atoms with E-state index in [2.05, 4.69) is 10.2 Å². The molecule has 30 heavy (non-hydrogen) atoms. The topological polar surface area (TPSA) is 77.0 Å². The molecule has 0 unspecified atom stereocenters. The van der Waals surface area contributed by atoms with E-state index in [1.807, 2.05) is 0 Å². The van der Waals surface area contributed by atoms with E-state index in [1.54, 1.807) is 0 Å². The molecule has 3 rings (SSSR count). The van der Waals surface area contributed by atoms with Crippen LogP contribution in [0.25, 0.3) is 0 Å². The monoisotopic (exact) mass is 435 g/mol. The lowest BCUT2D eigenvalue weighted by molar-refractivity contribution is -0.149. The first-order chi connectivity index (χ1) is 13.9. The van der Waals surface area contributed by atoms with Crippen molar-refractivity contribution in [1.82, 2.24) is 19.7 Å². The average molecular weight is 435 g/mol. The number of alkyl halides is 3. The van der Waals surface area contributed by atoms with Crippen molar-refractivity contribution in [2.24, 2.45) is 5.73 Å². The molecule has 2 aromatic rings. The van der Waals surface area contributed by atoms with Gasteiger partial charge in [0.1, 0.15) is 5.82 Å². The maximum absolute atomic E-state index is 13.8. The van der Waals surface area contributed by atoms with Crippen molar-refractivity contribution in [1.29, 1.82) is 0 Å². The van der Waals surface area contributed by atoms with Gasteiger partial charge in [-0.25, -0.2) is 13.2 Å². The van der Waals surface area contributed by atoms with E-state index in [4.69, 9.17) is 5.73 Å². The lowest BCUT2D eigenvalue weighted by Crippen LogP contribution is -2.45. The summed E-state index contributed by atoms with van der Waals surface area (Å²) in [4.78, 5) is 14.0. The molecule has 0 radical (unpaired) electrons. The predicted molar refractivity (Wildman–Crippen MR) is 92.5 cm³/mol. The number of carbonyl (C=O) groups excluding carboxylic acids is 1. The molecule has 12 heteroatoms. The van der Waals surface area contributed by atoms with Crippen LogP contribution in [0.3, 0.4) is 0 Å². The van der Waals surface area contributed by atoms with Gasteiger partial charge in [-0.05, 0) is 31.9 Å². The first-order valence-corrected chi connectivity index (χ1v) is 9.10. The highest BCUT2D eigenvalue weighted by molar-refractivity contribution is 5.77. The highest BCUT2D eigenvalue weighted by atomic mass is 19.4. The number of aromatic nitrogens is 3. The number of amides is 1. The Hall–Kier alpha value is -2.63. The Bertz CT molecular complexity index is 959. The van der Waals surface area contributed by atoms with Crippen LogP contribution in [0.2, 0.25) is 0 Å². The van der Waals surface area contributed by atoms with E-state index < -0.39 is 53.5 Å². The molecule has 1 aliphatic heterocycles. The van der Waals surface area contributed by atoms with Gasteiger partial charge >= 0.3 is 6.18 Å². The van der Waals surface area contributed by atoms with E-state index in [1.165, 1.54) is 18.7 Å². The lowest BCUT2D eigenvalue weighted by atomic mass is 10.0. The molecule has 0 fully saturated rings. The van der Waals surface area contributed by atoms with Crippen LogP contribution >= 0.6 is 0 Å². The number of nitrogens with zero attached hydrogens (tertiary/aromatic N) is 4. The number of fused-ring (bicyclic) bond motifs is 1. The summed E-state index contributed by atoms with van der Waals surface area (Å²) >= 11 is 0. The Morgan fingerprint density at radius 3 is 2.43 bits per heavy atom. The van der Waals surface area contributed by atoms with Crippen LogP contribution in [-0.2, 0) is 17.4 Å². The minimum absolute atomic E-state index is 0.00496. The van der Waals surface area contributed by atoms with Gasteiger partial charge in [0.25, 0.3) is 0 Å². The predicted octanol–water partition coefficient (Wildman–Crippen LogP) is 3.14. The summed E-state index contributed by atoms with van der Waals surface area (Å²) in [6.07, 6.45) is -5.17. The third-order valence-electron chi connectivity index (χ3n) is 5.05. The summed E-state index contributed by atoms with van der Waals surface area (Å²) in [6.45, 7) is 3.00. The fraction of sp³-hybridized carbons (Fsp3) is 0.500. The Labute approximate surface area is 167 Å². The van der Waals surface area contributed by atoms with Crippen molar-refractivity contribution < 1.29 is 31.1 Å². The zero-order chi connectivity index (χ0) is 22.4. The zero-order valence-corrected chi connectivity index (χ0v) is 16.1. The third kappa shape index (κ3) is 4.13. The normalized spacial score (nSPS) is 20.2. The fourth-order valence-electron chi connectivity index (χ4n) is 3.61. The summed E-state index contributed by atoms with van der Waals surface area (Å²) in [6, 6.07) is -1.35. The molecule has 6 nitrogen and oxygen atoms in total. The minimum atomic E-state index is -4.68. The van der Waals surface area contributed by atoms with Crippen molar-refractivity contribution in [3.05, 3.63) is 46.8 Å². The van der Waals surface area contributed by atoms with Crippen molar-refractivity contribution in [2.45, 2.75) is 51.0 Å². The van der Waals surface area contributed by atoms with E-state index in [-0.39, 0.29) is 30.8 Å². The SMILES string of the molecule is C[C@@H]1c2nnc(C(F)(F)F)n2[C@@H](C)CN1C(=O)C[C@H](N)Cc1cc(F)c(F)cc1F. The van der Waals surface area contributed by atoms with Crippen molar-refractivity contribution in [2.75, 3.05) is 6.54 Å². The van der Waals surface area contributed by atoms with Crippen LogP contribution in [-0.4, -0.2) is 38.2 Å². The molecule has 164 valence electrons. The molecule has 0 bridgehead atoms. The molecule has 2 N–H and O–H groups in total. The highest BCUT2D eigenvalue weighted by Gasteiger charge is 2.43. The van der Waals surface area contributed by atoms with Crippen molar-refractivity contribution in [3.63, 3.8) is 0 Å². The Morgan fingerprint density at radius 1 is 1.17 bits per heavy atom. The molecule has 0 spiro atoms. The summed E-state index contributed by atoms with van der Waals surface area (Å²) in [5.74, 6) is -5.16. The summed E-state index contributed by atoms with van der Waals surface area (Å²) in [7, 11) is 0. The Balaban J connectivity index is 1.73. The summed E-state index contributed by atoms with van der Waals surface area (Å²) in [5, 5.41) is 6.83. The quantitative estimate of drug-likeness (QED) is 0.592. The number of hydrogen-bond acceptors (Lipinski definition) is 4. The third-order valence-corrected chi connectivity index (χ3v) is 5.05. The van der Waals surface area contributed by atoms with Gasteiger partial charge in [0.2, 0.25) is 11.7 Å². The first-order valence-electron chi connectivity index (χ1n) is 9.10. The smallest absolute Gasteiger partial charge is 0.331 e. The first kappa shape index (κ1) is 22.1. The molecular formula is C18H19F6N5O. The standard InChI is InChI=1S/C18H19F6N5O/c1-8-7-28(9(2)16-26-27-17(29(8)16)18(22,23)24)15(30)5-11(25)3-10-4-13(20)14(21)6-12(10)19/h4,6,8-9,11H,3,5,7,25H2,1-2H3/t8-,9+,11+/m0/s1. The molecular weight excluding hydrogens is 416 g/mol. The maximum atomic E-state index is 13.8. The highest BCUT2D eigenvalue weighted by Crippen LogP contribution is 2.36. The second kappa shape index (κ2) is 7.89. The molecule has 2 heterocycles.